The number of carbonyl (C=O) groups is 1. The second-order valence-corrected chi connectivity index (χ2v) is 5.80. The molecule has 0 spiro atoms. The van der Waals surface area contributed by atoms with Gasteiger partial charge in [0.25, 0.3) is 5.91 Å². The van der Waals surface area contributed by atoms with Crippen LogP contribution in [-0.2, 0) is 0 Å². The number of hydrogen-bond acceptors (Lipinski definition) is 3. The third-order valence-corrected chi connectivity index (χ3v) is 4.31. The first-order chi connectivity index (χ1) is 10.1. The molecule has 0 aliphatic heterocycles. The SMILES string of the molecule is C[C@@H](NC(=O)c1cc2c(F)cccc2s1)c1ccccn1. The lowest BCUT2D eigenvalue weighted by Gasteiger charge is -2.12. The van der Waals surface area contributed by atoms with Crippen LogP contribution in [0.1, 0.15) is 28.3 Å². The van der Waals surface area contributed by atoms with E-state index >= 15 is 0 Å². The lowest BCUT2D eigenvalue weighted by Crippen LogP contribution is -2.26. The van der Waals surface area contributed by atoms with Crippen molar-refractivity contribution < 1.29 is 9.18 Å². The van der Waals surface area contributed by atoms with Crippen molar-refractivity contribution in [2.24, 2.45) is 0 Å². The van der Waals surface area contributed by atoms with E-state index in [0.717, 1.165) is 10.4 Å². The van der Waals surface area contributed by atoms with Crippen molar-refractivity contribution in [3.63, 3.8) is 0 Å². The molecule has 3 nitrogen and oxygen atoms in total. The van der Waals surface area contributed by atoms with E-state index in [1.54, 1.807) is 18.3 Å². The van der Waals surface area contributed by atoms with Crippen LogP contribution in [-0.4, -0.2) is 10.9 Å². The molecule has 21 heavy (non-hydrogen) atoms. The normalized spacial score (nSPS) is 12.3. The first-order valence-corrected chi connectivity index (χ1v) is 7.36. The molecule has 1 aromatic carbocycles. The molecule has 0 fully saturated rings. The third-order valence-electron chi connectivity index (χ3n) is 3.21. The Kier molecular flexibility index (Phi) is 3.66. The molecule has 1 atom stereocenters. The summed E-state index contributed by atoms with van der Waals surface area (Å²) in [6.07, 6.45) is 1.69. The maximum absolute atomic E-state index is 13.7. The van der Waals surface area contributed by atoms with Crippen molar-refractivity contribution in [3.8, 4) is 0 Å². The van der Waals surface area contributed by atoms with Crippen molar-refractivity contribution in [1.82, 2.24) is 10.3 Å². The van der Waals surface area contributed by atoms with Gasteiger partial charge < -0.3 is 5.32 Å². The first-order valence-electron chi connectivity index (χ1n) is 6.55. The molecule has 3 aromatic rings. The zero-order chi connectivity index (χ0) is 14.8. The van der Waals surface area contributed by atoms with Crippen LogP contribution in [0.5, 0.6) is 0 Å². The van der Waals surface area contributed by atoms with Crippen molar-refractivity contribution in [1.29, 1.82) is 0 Å². The number of nitrogens with one attached hydrogen (secondary N) is 1. The maximum atomic E-state index is 13.7. The minimum Gasteiger partial charge on any atom is -0.343 e. The highest BCUT2D eigenvalue weighted by atomic mass is 32.1. The monoisotopic (exact) mass is 300 g/mol. The molecule has 2 aromatic heterocycles. The second kappa shape index (κ2) is 5.61. The van der Waals surface area contributed by atoms with Gasteiger partial charge in [0.15, 0.2) is 0 Å². The number of fused-ring (bicyclic) bond motifs is 1. The first kappa shape index (κ1) is 13.7. The van der Waals surface area contributed by atoms with E-state index in [1.165, 1.54) is 17.4 Å². The van der Waals surface area contributed by atoms with Crippen LogP contribution in [0.3, 0.4) is 0 Å². The van der Waals surface area contributed by atoms with E-state index in [1.807, 2.05) is 31.2 Å². The highest BCUT2D eigenvalue weighted by Gasteiger charge is 2.15. The summed E-state index contributed by atoms with van der Waals surface area (Å²) in [7, 11) is 0. The summed E-state index contributed by atoms with van der Waals surface area (Å²) < 4.78 is 14.4. The Morgan fingerprint density at radius 2 is 2.14 bits per heavy atom. The average molecular weight is 300 g/mol. The van der Waals surface area contributed by atoms with Crippen molar-refractivity contribution >= 4 is 27.3 Å². The molecular weight excluding hydrogens is 287 g/mol. The zero-order valence-electron chi connectivity index (χ0n) is 11.3. The summed E-state index contributed by atoms with van der Waals surface area (Å²) in [5, 5.41) is 3.36. The van der Waals surface area contributed by atoms with Gasteiger partial charge in [-0.1, -0.05) is 12.1 Å². The van der Waals surface area contributed by atoms with Crippen LogP contribution >= 0.6 is 11.3 Å². The Morgan fingerprint density at radius 1 is 1.29 bits per heavy atom. The highest BCUT2D eigenvalue weighted by Crippen LogP contribution is 2.27. The average Bonchev–Trinajstić information content (AvgIpc) is 2.94. The molecule has 3 rings (SSSR count). The van der Waals surface area contributed by atoms with E-state index in [0.29, 0.717) is 10.3 Å². The number of nitrogens with zero attached hydrogens (tertiary/aromatic N) is 1. The Balaban J connectivity index is 1.82. The van der Waals surface area contributed by atoms with Gasteiger partial charge in [-0.3, -0.25) is 9.78 Å². The molecule has 0 aliphatic carbocycles. The molecule has 0 aliphatic rings. The number of pyridine rings is 1. The molecule has 106 valence electrons. The molecule has 1 amide bonds. The minimum absolute atomic E-state index is 0.200. The van der Waals surface area contributed by atoms with Crippen LogP contribution in [0.25, 0.3) is 10.1 Å². The van der Waals surface area contributed by atoms with Crippen LogP contribution in [0.15, 0.2) is 48.7 Å². The van der Waals surface area contributed by atoms with Gasteiger partial charge in [0.2, 0.25) is 0 Å². The fraction of sp³-hybridized carbons (Fsp3) is 0.125. The van der Waals surface area contributed by atoms with Crippen LogP contribution in [0.2, 0.25) is 0 Å². The van der Waals surface area contributed by atoms with E-state index in [2.05, 4.69) is 10.3 Å². The number of amides is 1. The Labute approximate surface area is 125 Å². The summed E-state index contributed by atoms with van der Waals surface area (Å²) in [4.78, 5) is 17.0. The van der Waals surface area contributed by atoms with Crippen molar-refractivity contribution in [2.45, 2.75) is 13.0 Å². The Bertz CT molecular complexity index is 785. The molecule has 1 N–H and O–H groups in total. The zero-order valence-corrected chi connectivity index (χ0v) is 12.2. The summed E-state index contributed by atoms with van der Waals surface area (Å²) in [5.74, 6) is -0.519. The summed E-state index contributed by atoms with van der Waals surface area (Å²) in [6.45, 7) is 1.87. The lowest BCUT2D eigenvalue weighted by atomic mass is 10.2. The quantitative estimate of drug-likeness (QED) is 0.796. The highest BCUT2D eigenvalue weighted by molar-refractivity contribution is 7.20. The van der Waals surface area contributed by atoms with E-state index in [9.17, 15) is 9.18 Å². The van der Waals surface area contributed by atoms with Gasteiger partial charge in [-0.15, -0.1) is 11.3 Å². The van der Waals surface area contributed by atoms with Crippen molar-refractivity contribution in [3.05, 3.63) is 65.0 Å². The van der Waals surface area contributed by atoms with Crippen LogP contribution in [0.4, 0.5) is 4.39 Å². The van der Waals surface area contributed by atoms with Crippen LogP contribution < -0.4 is 5.32 Å². The molecule has 0 unspecified atom stereocenters. The fourth-order valence-corrected chi connectivity index (χ4v) is 3.09. The molecule has 5 heteroatoms. The lowest BCUT2D eigenvalue weighted by molar-refractivity contribution is 0.0943. The maximum Gasteiger partial charge on any atom is 0.261 e. The fourth-order valence-electron chi connectivity index (χ4n) is 2.11. The van der Waals surface area contributed by atoms with Gasteiger partial charge in [0.1, 0.15) is 5.82 Å². The number of benzene rings is 1. The van der Waals surface area contributed by atoms with E-state index in [4.69, 9.17) is 0 Å². The molecule has 0 radical (unpaired) electrons. The summed E-state index contributed by atoms with van der Waals surface area (Å²) in [5.41, 5.74) is 0.790. The molecule has 0 saturated heterocycles. The number of rotatable bonds is 3. The smallest absolute Gasteiger partial charge is 0.261 e. The Morgan fingerprint density at radius 3 is 2.86 bits per heavy atom. The summed E-state index contributed by atoms with van der Waals surface area (Å²) in [6, 6.07) is 11.8. The topological polar surface area (TPSA) is 42.0 Å². The minimum atomic E-state index is -0.305. The largest absolute Gasteiger partial charge is 0.343 e. The standard InChI is InChI=1S/C16H13FN2OS/c1-10(13-6-2-3-8-18-13)19-16(20)15-9-11-12(17)5-4-7-14(11)21-15/h2-10H,1H3,(H,19,20)/t10-/m1/s1. The van der Waals surface area contributed by atoms with Gasteiger partial charge in [-0.25, -0.2) is 4.39 Å². The van der Waals surface area contributed by atoms with Gasteiger partial charge in [0.05, 0.1) is 16.6 Å². The van der Waals surface area contributed by atoms with E-state index < -0.39 is 0 Å². The molecule has 2 heterocycles. The van der Waals surface area contributed by atoms with Gasteiger partial charge >= 0.3 is 0 Å². The van der Waals surface area contributed by atoms with Gasteiger partial charge in [0, 0.05) is 16.3 Å². The predicted octanol–water partition coefficient (Wildman–Crippen LogP) is 3.93. The number of thiophene rings is 1. The van der Waals surface area contributed by atoms with Crippen LogP contribution in [0, 0.1) is 5.82 Å². The number of hydrogen-bond donors (Lipinski definition) is 1. The number of carbonyl (C=O) groups excluding carboxylic acids is 1. The predicted molar refractivity (Wildman–Crippen MR) is 81.9 cm³/mol. The third kappa shape index (κ3) is 2.78. The molecule has 0 saturated carbocycles. The molecule has 0 bridgehead atoms. The van der Waals surface area contributed by atoms with Gasteiger partial charge in [-0.2, -0.15) is 0 Å². The Hall–Kier alpha value is -2.27. The number of aromatic nitrogens is 1. The van der Waals surface area contributed by atoms with Crippen molar-refractivity contribution in [2.75, 3.05) is 0 Å². The molecular formula is C16H13FN2OS. The van der Waals surface area contributed by atoms with Gasteiger partial charge in [-0.05, 0) is 37.3 Å². The van der Waals surface area contributed by atoms with E-state index in [-0.39, 0.29) is 17.8 Å². The summed E-state index contributed by atoms with van der Waals surface area (Å²) >= 11 is 1.28. The number of halogens is 1. The second-order valence-electron chi connectivity index (χ2n) is 4.71.